The maximum atomic E-state index is 11.5. The van der Waals surface area contributed by atoms with Gasteiger partial charge in [0.2, 0.25) is 0 Å². The fourth-order valence-electron chi connectivity index (χ4n) is 1.39. The van der Waals surface area contributed by atoms with Crippen LogP contribution >= 0.6 is 0 Å². The average molecular weight is 207 g/mol. The number of benzene rings is 1. The van der Waals surface area contributed by atoms with Gasteiger partial charge >= 0.3 is 0 Å². The number of carbonyl (C=O) groups is 1. The Balaban J connectivity index is 1.94. The van der Waals surface area contributed by atoms with Gasteiger partial charge in [-0.25, -0.2) is 0 Å². The van der Waals surface area contributed by atoms with Crippen LogP contribution in [0.2, 0.25) is 0 Å². The SMILES string of the molecule is O=C(NC1COC1)C(O)c1ccccc1. The lowest BCUT2D eigenvalue weighted by Gasteiger charge is -2.27. The lowest BCUT2D eigenvalue weighted by Crippen LogP contribution is -2.49. The van der Waals surface area contributed by atoms with Crippen LogP contribution < -0.4 is 5.32 Å². The van der Waals surface area contributed by atoms with E-state index in [2.05, 4.69) is 5.32 Å². The topological polar surface area (TPSA) is 58.6 Å². The van der Waals surface area contributed by atoms with Crippen LogP contribution in [0.25, 0.3) is 0 Å². The summed E-state index contributed by atoms with van der Waals surface area (Å²) in [5, 5.41) is 12.4. The fraction of sp³-hybridized carbons (Fsp3) is 0.364. The van der Waals surface area contributed by atoms with Gasteiger partial charge in [-0.05, 0) is 5.56 Å². The van der Waals surface area contributed by atoms with Crippen molar-refractivity contribution in [2.24, 2.45) is 0 Å². The minimum atomic E-state index is -1.09. The summed E-state index contributed by atoms with van der Waals surface area (Å²) < 4.78 is 4.92. The van der Waals surface area contributed by atoms with Crippen molar-refractivity contribution < 1.29 is 14.6 Å². The molecule has 0 spiro atoms. The molecule has 1 fully saturated rings. The zero-order valence-corrected chi connectivity index (χ0v) is 8.22. The predicted molar refractivity (Wildman–Crippen MR) is 54.2 cm³/mol. The zero-order chi connectivity index (χ0) is 10.7. The number of aliphatic hydroxyl groups is 1. The Morgan fingerprint density at radius 2 is 2.07 bits per heavy atom. The largest absolute Gasteiger partial charge is 0.378 e. The first-order chi connectivity index (χ1) is 7.27. The zero-order valence-electron chi connectivity index (χ0n) is 8.22. The molecule has 80 valence electrons. The van der Waals surface area contributed by atoms with Crippen molar-refractivity contribution in [3.8, 4) is 0 Å². The molecule has 0 saturated carbocycles. The highest BCUT2D eigenvalue weighted by Crippen LogP contribution is 2.12. The van der Waals surface area contributed by atoms with E-state index < -0.39 is 6.10 Å². The van der Waals surface area contributed by atoms with Crippen molar-refractivity contribution in [2.75, 3.05) is 13.2 Å². The van der Waals surface area contributed by atoms with Gasteiger partial charge in [0, 0.05) is 0 Å². The Kier molecular flexibility index (Phi) is 2.99. The molecule has 0 aliphatic carbocycles. The van der Waals surface area contributed by atoms with Crippen molar-refractivity contribution >= 4 is 5.91 Å². The Morgan fingerprint density at radius 3 is 2.60 bits per heavy atom. The fourth-order valence-corrected chi connectivity index (χ4v) is 1.39. The summed E-state index contributed by atoms with van der Waals surface area (Å²) in [5.74, 6) is -0.366. The number of amides is 1. The highest BCUT2D eigenvalue weighted by atomic mass is 16.5. The maximum absolute atomic E-state index is 11.5. The molecule has 15 heavy (non-hydrogen) atoms. The lowest BCUT2D eigenvalue weighted by atomic mass is 10.1. The molecule has 0 aromatic heterocycles. The highest BCUT2D eigenvalue weighted by molar-refractivity contribution is 5.82. The number of nitrogens with one attached hydrogen (secondary N) is 1. The van der Waals surface area contributed by atoms with Crippen molar-refractivity contribution in [1.29, 1.82) is 0 Å². The molecule has 1 heterocycles. The van der Waals surface area contributed by atoms with Crippen LogP contribution in [0.15, 0.2) is 30.3 Å². The normalized spacial score (nSPS) is 17.9. The molecule has 4 nitrogen and oxygen atoms in total. The Hall–Kier alpha value is -1.39. The molecule has 1 aliphatic rings. The van der Waals surface area contributed by atoms with Crippen LogP contribution in [0.5, 0.6) is 0 Å². The van der Waals surface area contributed by atoms with Gasteiger partial charge < -0.3 is 15.2 Å². The van der Waals surface area contributed by atoms with E-state index in [-0.39, 0.29) is 11.9 Å². The lowest BCUT2D eigenvalue weighted by molar-refractivity contribution is -0.133. The van der Waals surface area contributed by atoms with Crippen LogP contribution in [0.1, 0.15) is 11.7 Å². The van der Waals surface area contributed by atoms with Crippen molar-refractivity contribution in [3.63, 3.8) is 0 Å². The van der Waals surface area contributed by atoms with E-state index >= 15 is 0 Å². The summed E-state index contributed by atoms with van der Waals surface area (Å²) in [6, 6.07) is 8.92. The molecule has 1 atom stereocenters. The molecule has 0 radical (unpaired) electrons. The molecule has 1 saturated heterocycles. The number of ether oxygens (including phenoxy) is 1. The Bertz CT molecular complexity index is 335. The minimum absolute atomic E-state index is 0.0517. The third-order valence-electron chi connectivity index (χ3n) is 2.35. The van der Waals surface area contributed by atoms with E-state index in [1.54, 1.807) is 24.3 Å². The summed E-state index contributed by atoms with van der Waals surface area (Å²) in [4.78, 5) is 11.5. The number of aliphatic hydroxyl groups excluding tert-OH is 1. The molecule has 1 aliphatic heterocycles. The minimum Gasteiger partial charge on any atom is -0.378 e. The monoisotopic (exact) mass is 207 g/mol. The van der Waals surface area contributed by atoms with E-state index in [9.17, 15) is 9.90 Å². The molecule has 1 aromatic rings. The van der Waals surface area contributed by atoms with Gasteiger partial charge in [-0.2, -0.15) is 0 Å². The summed E-state index contributed by atoms with van der Waals surface area (Å²) in [6.45, 7) is 1.07. The number of hydrogen-bond donors (Lipinski definition) is 2. The molecule has 1 amide bonds. The standard InChI is InChI=1S/C11H13NO3/c13-10(8-4-2-1-3-5-8)11(14)12-9-6-15-7-9/h1-5,9-10,13H,6-7H2,(H,12,14). The average Bonchev–Trinajstić information content (AvgIpc) is 2.23. The molecule has 2 N–H and O–H groups in total. The van der Waals surface area contributed by atoms with E-state index in [0.717, 1.165) is 0 Å². The Labute approximate surface area is 87.9 Å². The van der Waals surface area contributed by atoms with Gasteiger partial charge in [-0.15, -0.1) is 0 Å². The first kappa shape index (κ1) is 10.1. The molecule has 1 aromatic carbocycles. The first-order valence-electron chi connectivity index (χ1n) is 4.88. The summed E-state index contributed by atoms with van der Waals surface area (Å²) in [7, 11) is 0. The molecule has 2 rings (SSSR count). The molecule has 4 heteroatoms. The molecular formula is C11H13NO3. The molecule has 1 unspecified atom stereocenters. The second-order valence-electron chi connectivity index (χ2n) is 3.56. The molecule has 0 bridgehead atoms. The quantitative estimate of drug-likeness (QED) is 0.746. The maximum Gasteiger partial charge on any atom is 0.253 e. The van der Waals surface area contributed by atoms with Crippen molar-refractivity contribution in [1.82, 2.24) is 5.32 Å². The Morgan fingerprint density at radius 1 is 1.40 bits per heavy atom. The van der Waals surface area contributed by atoms with E-state index in [1.165, 1.54) is 0 Å². The molecular weight excluding hydrogens is 194 g/mol. The van der Waals surface area contributed by atoms with Crippen LogP contribution in [-0.2, 0) is 9.53 Å². The second-order valence-corrected chi connectivity index (χ2v) is 3.56. The van der Waals surface area contributed by atoms with Gasteiger partial charge in [0.15, 0.2) is 6.10 Å². The summed E-state index contributed by atoms with van der Waals surface area (Å²) >= 11 is 0. The van der Waals surface area contributed by atoms with Gasteiger partial charge in [0.1, 0.15) is 0 Å². The number of carbonyl (C=O) groups excluding carboxylic acids is 1. The van der Waals surface area contributed by atoms with Gasteiger partial charge in [-0.1, -0.05) is 30.3 Å². The van der Waals surface area contributed by atoms with Crippen molar-refractivity contribution in [2.45, 2.75) is 12.1 Å². The van der Waals surface area contributed by atoms with Crippen LogP contribution in [0.4, 0.5) is 0 Å². The first-order valence-corrected chi connectivity index (χ1v) is 4.88. The summed E-state index contributed by atoms with van der Waals surface area (Å²) in [5.41, 5.74) is 0.607. The van der Waals surface area contributed by atoms with Gasteiger partial charge in [0.05, 0.1) is 19.3 Å². The van der Waals surface area contributed by atoms with E-state index in [4.69, 9.17) is 4.74 Å². The number of rotatable bonds is 3. The van der Waals surface area contributed by atoms with Crippen molar-refractivity contribution in [3.05, 3.63) is 35.9 Å². The van der Waals surface area contributed by atoms with Crippen LogP contribution in [0, 0.1) is 0 Å². The third-order valence-corrected chi connectivity index (χ3v) is 2.35. The van der Waals surface area contributed by atoms with Gasteiger partial charge in [0.25, 0.3) is 5.91 Å². The summed E-state index contributed by atoms with van der Waals surface area (Å²) in [6.07, 6.45) is -1.09. The van der Waals surface area contributed by atoms with Crippen LogP contribution in [-0.4, -0.2) is 30.3 Å². The third kappa shape index (κ3) is 2.34. The highest BCUT2D eigenvalue weighted by Gasteiger charge is 2.24. The van der Waals surface area contributed by atoms with E-state index in [0.29, 0.717) is 18.8 Å². The van der Waals surface area contributed by atoms with E-state index in [1.807, 2.05) is 6.07 Å². The van der Waals surface area contributed by atoms with Gasteiger partial charge in [-0.3, -0.25) is 4.79 Å². The smallest absolute Gasteiger partial charge is 0.253 e. The van der Waals surface area contributed by atoms with Crippen LogP contribution in [0.3, 0.4) is 0 Å². The second kappa shape index (κ2) is 4.42. The number of hydrogen-bond acceptors (Lipinski definition) is 3. The predicted octanol–water partition coefficient (Wildman–Crippen LogP) is 0.235.